The number of nitrogens with zero attached hydrogens (tertiary/aromatic N) is 2. The SMILES string of the molecule is Fc1cc(F)cc(-c2noc(CC3CCCN3)n2)c1. The lowest BCUT2D eigenvalue weighted by atomic mass is 10.1. The third-order valence-electron chi connectivity index (χ3n) is 3.17. The topological polar surface area (TPSA) is 51.0 Å². The summed E-state index contributed by atoms with van der Waals surface area (Å²) in [7, 11) is 0. The maximum Gasteiger partial charge on any atom is 0.228 e. The molecule has 1 aromatic carbocycles. The van der Waals surface area contributed by atoms with Crippen LogP contribution in [0.5, 0.6) is 0 Å². The first-order valence-corrected chi connectivity index (χ1v) is 6.23. The second kappa shape index (κ2) is 5.05. The Morgan fingerprint density at radius 2 is 2.05 bits per heavy atom. The Kier molecular flexibility index (Phi) is 3.25. The summed E-state index contributed by atoms with van der Waals surface area (Å²) in [6.07, 6.45) is 2.86. The molecule has 4 nitrogen and oxygen atoms in total. The summed E-state index contributed by atoms with van der Waals surface area (Å²) in [6.45, 7) is 1.00. The Hall–Kier alpha value is -1.82. The molecule has 1 fully saturated rings. The number of rotatable bonds is 3. The van der Waals surface area contributed by atoms with Crippen molar-refractivity contribution in [2.24, 2.45) is 0 Å². The van der Waals surface area contributed by atoms with Crippen LogP contribution in [0.1, 0.15) is 18.7 Å². The van der Waals surface area contributed by atoms with E-state index >= 15 is 0 Å². The van der Waals surface area contributed by atoms with Crippen LogP contribution in [0.2, 0.25) is 0 Å². The van der Waals surface area contributed by atoms with Gasteiger partial charge in [-0.05, 0) is 31.5 Å². The van der Waals surface area contributed by atoms with Gasteiger partial charge in [0.05, 0.1) is 0 Å². The first-order valence-electron chi connectivity index (χ1n) is 6.23. The van der Waals surface area contributed by atoms with Crippen molar-refractivity contribution >= 4 is 0 Å². The molecule has 1 aliphatic heterocycles. The van der Waals surface area contributed by atoms with E-state index in [1.54, 1.807) is 0 Å². The predicted octanol–water partition coefficient (Wildman–Crippen LogP) is 2.31. The summed E-state index contributed by atoms with van der Waals surface area (Å²) in [5.74, 6) is -0.608. The third-order valence-corrected chi connectivity index (χ3v) is 3.17. The molecule has 1 aromatic heterocycles. The average Bonchev–Trinajstić information content (AvgIpc) is 2.99. The second-order valence-electron chi connectivity index (χ2n) is 4.67. The summed E-state index contributed by atoms with van der Waals surface area (Å²) in [4.78, 5) is 4.18. The van der Waals surface area contributed by atoms with Gasteiger partial charge in [-0.1, -0.05) is 5.16 Å². The van der Waals surface area contributed by atoms with Gasteiger partial charge in [0.25, 0.3) is 0 Å². The van der Waals surface area contributed by atoms with Crippen molar-refractivity contribution in [3.63, 3.8) is 0 Å². The maximum absolute atomic E-state index is 13.1. The molecule has 0 radical (unpaired) electrons. The highest BCUT2D eigenvalue weighted by Gasteiger charge is 2.18. The fraction of sp³-hybridized carbons (Fsp3) is 0.385. The average molecular weight is 265 g/mol. The molecule has 19 heavy (non-hydrogen) atoms. The summed E-state index contributed by atoms with van der Waals surface area (Å²) >= 11 is 0. The van der Waals surface area contributed by atoms with E-state index in [0.29, 0.717) is 18.4 Å². The van der Waals surface area contributed by atoms with E-state index in [1.807, 2.05) is 0 Å². The van der Waals surface area contributed by atoms with Crippen molar-refractivity contribution in [1.82, 2.24) is 15.5 Å². The van der Waals surface area contributed by atoms with Crippen molar-refractivity contribution in [3.05, 3.63) is 35.7 Å². The van der Waals surface area contributed by atoms with Gasteiger partial charge >= 0.3 is 0 Å². The van der Waals surface area contributed by atoms with Gasteiger partial charge in [0.15, 0.2) is 0 Å². The minimum absolute atomic E-state index is 0.214. The zero-order valence-electron chi connectivity index (χ0n) is 10.2. The van der Waals surface area contributed by atoms with Gasteiger partial charge in [-0.2, -0.15) is 4.98 Å². The molecule has 1 unspecified atom stereocenters. The molecule has 0 aliphatic carbocycles. The van der Waals surface area contributed by atoms with Crippen LogP contribution in [-0.4, -0.2) is 22.7 Å². The van der Waals surface area contributed by atoms with E-state index in [0.717, 1.165) is 25.5 Å². The minimum Gasteiger partial charge on any atom is -0.339 e. The molecule has 100 valence electrons. The van der Waals surface area contributed by atoms with Gasteiger partial charge in [-0.3, -0.25) is 0 Å². The lowest BCUT2D eigenvalue weighted by Crippen LogP contribution is -2.23. The number of hydrogen-bond acceptors (Lipinski definition) is 4. The van der Waals surface area contributed by atoms with Gasteiger partial charge in [0.1, 0.15) is 11.6 Å². The second-order valence-corrected chi connectivity index (χ2v) is 4.67. The van der Waals surface area contributed by atoms with Crippen molar-refractivity contribution in [1.29, 1.82) is 0 Å². The van der Waals surface area contributed by atoms with Crippen molar-refractivity contribution < 1.29 is 13.3 Å². The van der Waals surface area contributed by atoms with Crippen molar-refractivity contribution in [3.8, 4) is 11.4 Å². The predicted molar refractivity (Wildman–Crippen MR) is 64.4 cm³/mol. The molecule has 2 aromatic rings. The summed E-state index contributed by atoms with van der Waals surface area (Å²) in [5, 5.41) is 7.09. The first-order chi connectivity index (χ1) is 9.20. The van der Waals surface area contributed by atoms with Gasteiger partial charge in [-0.15, -0.1) is 0 Å². The monoisotopic (exact) mass is 265 g/mol. The Balaban J connectivity index is 1.79. The standard InChI is InChI=1S/C13H13F2N3O/c14-9-4-8(5-10(15)6-9)13-17-12(19-18-13)7-11-2-1-3-16-11/h4-6,11,16H,1-3,7H2. The molecule has 1 aliphatic rings. The van der Waals surface area contributed by atoms with Gasteiger partial charge in [0.2, 0.25) is 11.7 Å². The molecule has 0 amide bonds. The molecule has 1 atom stereocenters. The molecule has 3 rings (SSSR count). The summed E-state index contributed by atoms with van der Waals surface area (Å²) in [6, 6.07) is 3.53. The summed E-state index contributed by atoms with van der Waals surface area (Å²) < 4.78 is 31.3. The normalized spacial score (nSPS) is 18.9. The van der Waals surface area contributed by atoms with E-state index in [9.17, 15) is 8.78 Å². The zero-order valence-corrected chi connectivity index (χ0v) is 10.2. The van der Waals surface area contributed by atoms with E-state index in [4.69, 9.17) is 4.52 Å². The van der Waals surface area contributed by atoms with Crippen LogP contribution in [0.4, 0.5) is 8.78 Å². The highest BCUT2D eigenvalue weighted by molar-refractivity contribution is 5.54. The van der Waals surface area contributed by atoms with Crippen LogP contribution in [0.25, 0.3) is 11.4 Å². The number of benzene rings is 1. The Morgan fingerprint density at radius 3 is 2.74 bits per heavy atom. The lowest BCUT2D eigenvalue weighted by Gasteiger charge is -2.04. The smallest absolute Gasteiger partial charge is 0.228 e. The molecule has 1 saturated heterocycles. The molecular weight excluding hydrogens is 252 g/mol. The zero-order chi connectivity index (χ0) is 13.2. The number of hydrogen-bond donors (Lipinski definition) is 1. The van der Waals surface area contributed by atoms with E-state index in [-0.39, 0.29) is 11.4 Å². The summed E-state index contributed by atoms with van der Waals surface area (Å²) in [5.41, 5.74) is 0.284. The van der Waals surface area contributed by atoms with Gasteiger partial charge in [0, 0.05) is 24.1 Å². The van der Waals surface area contributed by atoms with Crippen LogP contribution < -0.4 is 5.32 Å². The lowest BCUT2D eigenvalue weighted by molar-refractivity contribution is 0.364. The van der Waals surface area contributed by atoms with E-state index < -0.39 is 11.6 Å². The molecule has 1 N–H and O–H groups in total. The fourth-order valence-electron chi connectivity index (χ4n) is 2.28. The van der Waals surface area contributed by atoms with Crippen LogP contribution >= 0.6 is 0 Å². The molecular formula is C13H13F2N3O. The van der Waals surface area contributed by atoms with Gasteiger partial charge < -0.3 is 9.84 Å². The molecule has 6 heteroatoms. The van der Waals surface area contributed by atoms with Crippen LogP contribution in [-0.2, 0) is 6.42 Å². The minimum atomic E-state index is -0.654. The highest BCUT2D eigenvalue weighted by atomic mass is 19.1. The quantitative estimate of drug-likeness (QED) is 0.925. The molecule has 0 bridgehead atoms. The maximum atomic E-state index is 13.1. The molecule has 0 saturated carbocycles. The first kappa shape index (κ1) is 12.2. The van der Waals surface area contributed by atoms with Crippen LogP contribution in [0.15, 0.2) is 22.7 Å². The third kappa shape index (κ3) is 2.78. The fourth-order valence-corrected chi connectivity index (χ4v) is 2.28. The van der Waals surface area contributed by atoms with Gasteiger partial charge in [-0.25, -0.2) is 8.78 Å². The molecule has 0 spiro atoms. The van der Waals surface area contributed by atoms with Crippen molar-refractivity contribution in [2.45, 2.75) is 25.3 Å². The Bertz CT molecular complexity index is 559. The number of nitrogens with one attached hydrogen (secondary N) is 1. The number of halogens is 2. The largest absolute Gasteiger partial charge is 0.339 e. The van der Waals surface area contributed by atoms with Crippen LogP contribution in [0.3, 0.4) is 0 Å². The molecule has 2 heterocycles. The number of aromatic nitrogens is 2. The Morgan fingerprint density at radius 1 is 1.26 bits per heavy atom. The van der Waals surface area contributed by atoms with E-state index in [1.165, 1.54) is 12.1 Å². The van der Waals surface area contributed by atoms with Crippen molar-refractivity contribution in [2.75, 3.05) is 6.54 Å². The van der Waals surface area contributed by atoms with Crippen LogP contribution in [0, 0.1) is 11.6 Å². The highest BCUT2D eigenvalue weighted by Crippen LogP contribution is 2.20. The Labute approximate surface area is 108 Å². The van der Waals surface area contributed by atoms with E-state index in [2.05, 4.69) is 15.5 Å².